The number of rotatable bonds is 7. The lowest BCUT2D eigenvalue weighted by Crippen LogP contribution is -2.29. The van der Waals surface area contributed by atoms with Gasteiger partial charge in [0, 0.05) is 22.4 Å². The van der Waals surface area contributed by atoms with E-state index in [2.05, 4.69) is 24.4 Å². The van der Waals surface area contributed by atoms with Crippen molar-refractivity contribution in [3.05, 3.63) is 77.6 Å². The Morgan fingerprint density at radius 1 is 1.10 bits per heavy atom. The maximum atomic E-state index is 14.1. The SMILES string of the molecule is C[C@@H](NC1CCC(c2ccc(SCC(=O)O)cc2)C1)c1ccc(F)c2ccccc12. The monoisotopic (exact) mass is 423 g/mol. The molecule has 0 amide bonds. The van der Waals surface area contributed by atoms with Crippen molar-refractivity contribution in [3.8, 4) is 0 Å². The second kappa shape index (κ2) is 9.19. The molecule has 1 aliphatic carbocycles. The molecule has 2 N–H and O–H groups in total. The number of carboxylic acids is 1. The summed E-state index contributed by atoms with van der Waals surface area (Å²) >= 11 is 1.35. The van der Waals surface area contributed by atoms with Gasteiger partial charge >= 0.3 is 5.97 Å². The molecule has 3 aromatic rings. The van der Waals surface area contributed by atoms with E-state index in [1.54, 1.807) is 6.07 Å². The van der Waals surface area contributed by atoms with Gasteiger partial charge in [-0.15, -0.1) is 11.8 Å². The highest BCUT2D eigenvalue weighted by Crippen LogP contribution is 2.37. The molecule has 5 heteroatoms. The van der Waals surface area contributed by atoms with Crippen molar-refractivity contribution in [2.75, 3.05) is 5.75 Å². The van der Waals surface area contributed by atoms with E-state index < -0.39 is 5.97 Å². The molecule has 30 heavy (non-hydrogen) atoms. The average Bonchev–Trinajstić information content (AvgIpc) is 3.21. The molecule has 0 heterocycles. The molecule has 4 rings (SSSR count). The summed E-state index contributed by atoms with van der Waals surface area (Å²) < 4.78 is 14.1. The number of carboxylic acid groups (broad SMARTS) is 1. The fraction of sp³-hybridized carbons (Fsp3) is 0.320. The van der Waals surface area contributed by atoms with E-state index in [9.17, 15) is 9.18 Å². The van der Waals surface area contributed by atoms with E-state index in [0.29, 0.717) is 17.3 Å². The summed E-state index contributed by atoms with van der Waals surface area (Å²) in [5, 5.41) is 14.2. The summed E-state index contributed by atoms with van der Waals surface area (Å²) in [5.41, 5.74) is 2.45. The summed E-state index contributed by atoms with van der Waals surface area (Å²) in [6.07, 6.45) is 3.32. The molecule has 0 radical (unpaired) electrons. The standard InChI is InChI=1S/C25H26FNO2S/c1-16(21-12-13-24(26)23-5-3-2-4-22(21)23)27-19-9-6-18(14-19)17-7-10-20(11-8-17)30-15-25(28)29/h2-5,7-8,10-13,16,18-19,27H,6,9,14-15H2,1H3,(H,28,29)/t16-,18?,19?/m1/s1. The number of benzene rings is 3. The molecular formula is C25H26FNO2S. The highest BCUT2D eigenvalue weighted by molar-refractivity contribution is 8.00. The summed E-state index contributed by atoms with van der Waals surface area (Å²) in [6.45, 7) is 2.15. The van der Waals surface area contributed by atoms with E-state index >= 15 is 0 Å². The van der Waals surface area contributed by atoms with Gasteiger partial charge in [0.2, 0.25) is 0 Å². The van der Waals surface area contributed by atoms with Gasteiger partial charge in [0.15, 0.2) is 0 Å². The lowest BCUT2D eigenvalue weighted by atomic mass is 9.96. The first-order valence-corrected chi connectivity index (χ1v) is 11.4. The minimum atomic E-state index is -0.795. The van der Waals surface area contributed by atoms with Crippen molar-refractivity contribution in [2.24, 2.45) is 0 Å². The molecule has 0 spiro atoms. The Bertz CT molecular complexity index is 1040. The third-order valence-corrected chi connectivity index (χ3v) is 7.00. The fourth-order valence-electron chi connectivity index (χ4n) is 4.52. The van der Waals surface area contributed by atoms with Gasteiger partial charge < -0.3 is 10.4 Å². The average molecular weight is 424 g/mol. The Balaban J connectivity index is 1.39. The topological polar surface area (TPSA) is 49.3 Å². The van der Waals surface area contributed by atoms with Crippen LogP contribution in [0, 0.1) is 5.82 Å². The van der Waals surface area contributed by atoms with Crippen LogP contribution < -0.4 is 5.32 Å². The van der Waals surface area contributed by atoms with Crippen LogP contribution in [0.2, 0.25) is 0 Å². The molecule has 0 aromatic heterocycles. The number of thioether (sulfide) groups is 1. The summed E-state index contributed by atoms with van der Waals surface area (Å²) in [4.78, 5) is 11.7. The second-order valence-corrected chi connectivity index (χ2v) is 9.08. The molecule has 1 fully saturated rings. The first kappa shape index (κ1) is 20.9. The lowest BCUT2D eigenvalue weighted by molar-refractivity contribution is -0.133. The van der Waals surface area contributed by atoms with Crippen LogP contribution >= 0.6 is 11.8 Å². The largest absolute Gasteiger partial charge is 0.481 e. The van der Waals surface area contributed by atoms with E-state index in [1.165, 1.54) is 17.3 Å². The summed E-state index contributed by atoms with van der Waals surface area (Å²) in [7, 11) is 0. The molecule has 0 aliphatic heterocycles. The number of hydrogen-bond donors (Lipinski definition) is 2. The zero-order valence-corrected chi connectivity index (χ0v) is 17.8. The Kier molecular flexibility index (Phi) is 6.40. The number of hydrogen-bond acceptors (Lipinski definition) is 3. The predicted octanol–water partition coefficient (Wildman–Crippen LogP) is 6.14. The molecule has 2 unspecified atom stereocenters. The highest BCUT2D eigenvalue weighted by Gasteiger charge is 2.27. The summed E-state index contributed by atoms with van der Waals surface area (Å²) in [5.74, 6) is -0.368. The molecule has 0 saturated heterocycles. The number of aliphatic carboxylic acids is 1. The smallest absolute Gasteiger partial charge is 0.313 e. The van der Waals surface area contributed by atoms with Crippen LogP contribution in [0.3, 0.4) is 0 Å². The number of nitrogens with one attached hydrogen (secondary N) is 1. The minimum absolute atomic E-state index is 0.0880. The Morgan fingerprint density at radius 2 is 1.83 bits per heavy atom. The molecule has 1 saturated carbocycles. The van der Waals surface area contributed by atoms with Crippen molar-refractivity contribution >= 4 is 28.5 Å². The van der Waals surface area contributed by atoms with Gasteiger partial charge in [0.25, 0.3) is 0 Å². The van der Waals surface area contributed by atoms with Gasteiger partial charge in [-0.3, -0.25) is 4.79 Å². The van der Waals surface area contributed by atoms with Crippen LogP contribution in [-0.2, 0) is 4.79 Å². The quantitative estimate of drug-likeness (QED) is 0.448. The molecule has 0 bridgehead atoms. The maximum absolute atomic E-state index is 14.1. The van der Waals surface area contributed by atoms with Gasteiger partial charge in [0.1, 0.15) is 5.82 Å². The van der Waals surface area contributed by atoms with E-state index in [1.807, 2.05) is 42.5 Å². The molecular weight excluding hydrogens is 397 g/mol. The highest BCUT2D eigenvalue weighted by atomic mass is 32.2. The normalized spacial score (nSPS) is 19.8. The fourth-order valence-corrected chi connectivity index (χ4v) is 5.14. The van der Waals surface area contributed by atoms with Crippen molar-refractivity contribution in [1.29, 1.82) is 0 Å². The van der Waals surface area contributed by atoms with E-state index in [4.69, 9.17) is 5.11 Å². The van der Waals surface area contributed by atoms with Gasteiger partial charge in [-0.05, 0) is 66.8 Å². The van der Waals surface area contributed by atoms with E-state index in [0.717, 1.165) is 35.1 Å². The minimum Gasteiger partial charge on any atom is -0.481 e. The third-order valence-electron chi connectivity index (χ3n) is 6.00. The van der Waals surface area contributed by atoms with Crippen LogP contribution in [-0.4, -0.2) is 22.9 Å². The molecule has 1 aliphatic rings. The molecule has 3 aromatic carbocycles. The first-order chi connectivity index (χ1) is 14.5. The zero-order chi connectivity index (χ0) is 21.1. The van der Waals surface area contributed by atoms with Crippen LogP contribution in [0.1, 0.15) is 49.3 Å². The van der Waals surface area contributed by atoms with Crippen LogP contribution in [0.15, 0.2) is 65.6 Å². The van der Waals surface area contributed by atoms with Crippen LogP contribution in [0.25, 0.3) is 10.8 Å². The van der Waals surface area contributed by atoms with Gasteiger partial charge in [-0.2, -0.15) is 0 Å². The maximum Gasteiger partial charge on any atom is 0.313 e. The molecule has 3 atom stereocenters. The number of fused-ring (bicyclic) bond motifs is 1. The van der Waals surface area contributed by atoms with Crippen LogP contribution in [0.4, 0.5) is 4.39 Å². The van der Waals surface area contributed by atoms with Crippen molar-refractivity contribution in [1.82, 2.24) is 5.32 Å². The Hall–Kier alpha value is -2.37. The van der Waals surface area contributed by atoms with Gasteiger partial charge in [0.05, 0.1) is 5.75 Å². The van der Waals surface area contributed by atoms with Gasteiger partial charge in [-0.1, -0.05) is 42.5 Å². The zero-order valence-electron chi connectivity index (χ0n) is 17.0. The Morgan fingerprint density at radius 3 is 2.57 bits per heavy atom. The predicted molar refractivity (Wildman–Crippen MR) is 121 cm³/mol. The second-order valence-electron chi connectivity index (χ2n) is 8.03. The Labute approximate surface area is 180 Å². The van der Waals surface area contributed by atoms with E-state index in [-0.39, 0.29) is 17.6 Å². The van der Waals surface area contributed by atoms with Crippen molar-refractivity contribution < 1.29 is 14.3 Å². The molecule has 3 nitrogen and oxygen atoms in total. The molecule has 156 valence electrons. The number of carbonyl (C=O) groups is 1. The summed E-state index contributed by atoms with van der Waals surface area (Å²) in [6, 6.07) is 20.0. The van der Waals surface area contributed by atoms with Crippen LogP contribution in [0.5, 0.6) is 0 Å². The first-order valence-electron chi connectivity index (χ1n) is 10.4. The van der Waals surface area contributed by atoms with Crippen molar-refractivity contribution in [3.63, 3.8) is 0 Å². The van der Waals surface area contributed by atoms with Crippen molar-refractivity contribution in [2.45, 2.75) is 49.1 Å². The third kappa shape index (κ3) is 4.68. The lowest BCUT2D eigenvalue weighted by Gasteiger charge is -2.22. The van der Waals surface area contributed by atoms with Gasteiger partial charge in [-0.25, -0.2) is 4.39 Å². The number of halogens is 1.